The maximum absolute atomic E-state index is 11.5. The molecule has 1 saturated carbocycles. The van der Waals surface area contributed by atoms with Crippen LogP contribution in [0.3, 0.4) is 0 Å². The zero-order valence-corrected chi connectivity index (χ0v) is 14.2. The van der Waals surface area contributed by atoms with Gasteiger partial charge in [-0.2, -0.15) is 0 Å². The van der Waals surface area contributed by atoms with Crippen molar-refractivity contribution in [3.8, 4) is 17.2 Å². The van der Waals surface area contributed by atoms with Gasteiger partial charge < -0.3 is 24.3 Å². The van der Waals surface area contributed by atoms with Crippen LogP contribution in [-0.4, -0.2) is 40.5 Å². The van der Waals surface area contributed by atoms with Gasteiger partial charge in [0.2, 0.25) is 5.75 Å². The molecular formula is C17H25NO5. The summed E-state index contributed by atoms with van der Waals surface area (Å²) in [7, 11) is 6.20. The van der Waals surface area contributed by atoms with Crippen molar-refractivity contribution in [2.24, 2.45) is 5.92 Å². The van der Waals surface area contributed by atoms with Gasteiger partial charge in [0.25, 0.3) is 0 Å². The third-order valence-corrected chi connectivity index (χ3v) is 4.10. The highest BCUT2D eigenvalue weighted by atomic mass is 16.5. The summed E-state index contributed by atoms with van der Waals surface area (Å²) < 4.78 is 20.8. The highest BCUT2D eigenvalue weighted by Gasteiger charge is 2.32. The van der Waals surface area contributed by atoms with Gasteiger partial charge in [-0.25, -0.2) is 0 Å². The number of esters is 1. The van der Waals surface area contributed by atoms with Crippen LogP contribution in [0.1, 0.15) is 24.8 Å². The Morgan fingerprint density at radius 2 is 1.74 bits per heavy atom. The number of rotatable bonds is 9. The first kappa shape index (κ1) is 17.4. The lowest BCUT2D eigenvalue weighted by molar-refractivity contribution is -0.141. The summed E-state index contributed by atoms with van der Waals surface area (Å²) in [4.78, 5) is 11.5. The van der Waals surface area contributed by atoms with E-state index in [4.69, 9.17) is 18.9 Å². The number of benzene rings is 1. The fourth-order valence-corrected chi connectivity index (χ4v) is 2.65. The van der Waals surface area contributed by atoms with Crippen LogP contribution < -0.4 is 19.5 Å². The van der Waals surface area contributed by atoms with Crippen LogP contribution in [0.25, 0.3) is 0 Å². The van der Waals surface area contributed by atoms with E-state index in [1.807, 2.05) is 12.1 Å². The number of carbonyl (C=O) groups excluding carboxylic acids is 1. The summed E-state index contributed by atoms with van der Waals surface area (Å²) in [6.07, 6.45) is 2.71. The van der Waals surface area contributed by atoms with Crippen LogP contribution in [0.5, 0.6) is 17.2 Å². The standard InChI is InChI=1S/C17H25NO5/c1-20-14-7-11(8-15(21-2)17(14)23-4)10-18-13(12-5-6-12)9-16(19)22-3/h7-8,12-13,18H,5-6,9-10H2,1-4H3. The molecule has 6 heteroatoms. The molecule has 6 nitrogen and oxygen atoms in total. The van der Waals surface area contributed by atoms with Gasteiger partial charge in [-0.3, -0.25) is 4.79 Å². The Bertz CT molecular complexity index is 517. The summed E-state index contributed by atoms with van der Waals surface area (Å²) in [5, 5.41) is 3.45. The Morgan fingerprint density at radius 3 is 2.17 bits per heavy atom. The van der Waals surface area contributed by atoms with Crippen LogP contribution in [0.4, 0.5) is 0 Å². The van der Waals surface area contributed by atoms with Gasteiger partial charge in [0, 0.05) is 12.6 Å². The molecule has 0 spiro atoms. The lowest BCUT2D eigenvalue weighted by Gasteiger charge is -2.19. The molecule has 1 aliphatic rings. The van der Waals surface area contributed by atoms with Gasteiger partial charge in [-0.15, -0.1) is 0 Å². The molecule has 1 atom stereocenters. The Kier molecular flexibility index (Phi) is 6.10. The molecule has 1 aliphatic carbocycles. The van der Waals surface area contributed by atoms with Crippen molar-refractivity contribution < 1.29 is 23.7 Å². The summed E-state index contributed by atoms with van der Waals surface area (Å²) in [6.45, 7) is 0.620. The molecule has 1 aromatic rings. The molecule has 0 bridgehead atoms. The van der Waals surface area contributed by atoms with Crippen LogP contribution >= 0.6 is 0 Å². The van der Waals surface area contributed by atoms with Crippen LogP contribution in [0.15, 0.2) is 12.1 Å². The molecule has 1 unspecified atom stereocenters. The minimum Gasteiger partial charge on any atom is -0.493 e. The predicted octanol–water partition coefficient (Wildman–Crippen LogP) is 2.14. The van der Waals surface area contributed by atoms with Crippen molar-refractivity contribution in [2.45, 2.75) is 31.8 Å². The number of hydrogen-bond donors (Lipinski definition) is 1. The van der Waals surface area contributed by atoms with Crippen molar-refractivity contribution in [3.05, 3.63) is 17.7 Å². The van der Waals surface area contributed by atoms with E-state index in [1.54, 1.807) is 21.3 Å². The van der Waals surface area contributed by atoms with Gasteiger partial charge in [0.15, 0.2) is 11.5 Å². The summed E-state index contributed by atoms with van der Waals surface area (Å²) in [5.74, 6) is 2.20. The monoisotopic (exact) mass is 323 g/mol. The first-order valence-corrected chi connectivity index (χ1v) is 7.72. The second kappa shape index (κ2) is 8.06. The zero-order valence-electron chi connectivity index (χ0n) is 14.2. The second-order valence-corrected chi connectivity index (χ2v) is 5.64. The fraction of sp³-hybridized carbons (Fsp3) is 0.588. The van der Waals surface area contributed by atoms with Gasteiger partial charge >= 0.3 is 5.97 Å². The first-order valence-electron chi connectivity index (χ1n) is 7.72. The predicted molar refractivity (Wildman–Crippen MR) is 86.1 cm³/mol. The molecule has 0 aromatic heterocycles. The molecule has 1 N–H and O–H groups in total. The van der Waals surface area contributed by atoms with Crippen LogP contribution in [0, 0.1) is 5.92 Å². The van der Waals surface area contributed by atoms with E-state index in [9.17, 15) is 4.79 Å². The average Bonchev–Trinajstić information content (AvgIpc) is 3.41. The largest absolute Gasteiger partial charge is 0.493 e. The number of hydrogen-bond acceptors (Lipinski definition) is 6. The third-order valence-electron chi connectivity index (χ3n) is 4.10. The third kappa shape index (κ3) is 4.51. The molecular weight excluding hydrogens is 298 g/mol. The Morgan fingerprint density at radius 1 is 1.13 bits per heavy atom. The highest BCUT2D eigenvalue weighted by molar-refractivity contribution is 5.70. The minimum atomic E-state index is -0.181. The summed E-state index contributed by atoms with van der Waals surface area (Å²) in [6, 6.07) is 3.97. The molecule has 1 aromatic carbocycles. The molecule has 0 aliphatic heterocycles. The maximum Gasteiger partial charge on any atom is 0.307 e. The Labute approximate surface area is 137 Å². The maximum atomic E-state index is 11.5. The van der Waals surface area contributed by atoms with Gasteiger partial charge in [-0.05, 0) is 36.5 Å². The van der Waals surface area contributed by atoms with Gasteiger partial charge in [0.1, 0.15) is 0 Å². The Hall–Kier alpha value is -1.95. The van der Waals surface area contributed by atoms with Crippen molar-refractivity contribution in [1.29, 1.82) is 0 Å². The molecule has 0 radical (unpaired) electrons. The van der Waals surface area contributed by atoms with E-state index in [0.717, 1.165) is 18.4 Å². The van der Waals surface area contributed by atoms with Crippen molar-refractivity contribution in [3.63, 3.8) is 0 Å². The SMILES string of the molecule is COC(=O)CC(NCc1cc(OC)c(OC)c(OC)c1)C1CC1. The van der Waals surface area contributed by atoms with Crippen LogP contribution in [0.2, 0.25) is 0 Å². The van der Waals surface area contributed by atoms with E-state index < -0.39 is 0 Å². The van der Waals surface area contributed by atoms with Gasteiger partial charge in [-0.1, -0.05) is 0 Å². The number of ether oxygens (including phenoxy) is 4. The second-order valence-electron chi connectivity index (χ2n) is 5.64. The van der Waals surface area contributed by atoms with Crippen molar-refractivity contribution >= 4 is 5.97 Å². The number of nitrogens with one attached hydrogen (secondary N) is 1. The first-order chi connectivity index (χ1) is 11.1. The van der Waals surface area contributed by atoms with Crippen LogP contribution in [-0.2, 0) is 16.1 Å². The molecule has 1 fully saturated rings. The molecule has 2 rings (SSSR count). The van der Waals surface area contributed by atoms with E-state index in [2.05, 4.69) is 5.32 Å². The average molecular weight is 323 g/mol. The van der Waals surface area contributed by atoms with E-state index in [-0.39, 0.29) is 12.0 Å². The number of carbonyl (C=O) groups is 1. The lowest BCUT2D eigenvalue weighted by Crippen LogP contribution is -2.33. The zero-order chi connectivity index (χ0) is 16.8. The molecule has 23 heavy (non-hydrogen) atoms. The fourth-order valence-electron chi connectivity index (χ4n) is 2.65. The Balaban J connectivity index is 2.07. The van der Waals surface area contributed by atoms with E-state index in [0.29, 0.717) is 36.1 Å². The topological polar surface area (TPSA) is 66.0 Å². The smallest absolute Gasteiger partial charge is 0.307 e. The quantitative estimate of drug-likeness (QED) is 0.703. The molecule has 0 amide bonds. The molecule has 128 valence electrons. The van der Waals surface area contributed by atoms with Crippen molar-refractivity contribution in [1.82, 2.24) is 5.32 Å². The number of methoxy groups -OCH3 is 4. The normalized spacial score (nSPS) is 15.0. The highest BCUT2D eigenvalue weighted by Crippen LogP contribution is 2.38. The van der Waals surface area contributed by atoms with E-state index >= 15 is 0 Å². The molecule has 0 heterocycles. The van der Waals surface area contributed by atoms with Gasteiger partial charge in [0.05, 0.1) is 34.9 Å². The summed E-state index contributed by atoms with van der Waals surface area (Å²) >= 11 is 0. The lowest BCUT2D eigenvalue weighted by atomic mass is 10.1. The van der Waals surface area contributed by atoms with Crippen molar-refractivity contribution in [2.75, 3.05) is 28.4 Å². The minimum absolute atomic E-state index is 0.140. The molecule has 0 saturated heterocycles. The van der Waals surface area contributed by atoms with E-state index in [1.165, 1.54) is 7.11 Å². The summed E-state index contributed by atoms with van der Waals surface area (Å²) in [5.41, 5.74) is 1.01.